The van der Waals surface area contributed by atoms with Gasteiger partial charge in [0.2, 0.25) is 0 Å². The van der Waals surface area contributed by atoms with Crippen molar-refractivity contribution >= 4 is 29.6 Å². The molecule has 4 rings (SSSR count). The summed E-state index contributed by atoms with van der Waals surface area (Å²) in [5, 5.41) is 9.94. The van der Waals surface area contributed by atoms with Crippen LogP contribution in [0.4, 0.5) is 18.0 Å². The standard InChI is InChI=1S/C22H20ClF3N4O4/c1-28-19(32)17-18(29(9-10-31)21(28)33)27-20(30(17)12-13-5-7-15(23)8-6-13)34-16-4-2-3-14(11-16)22(24,25)26/h2-8,11,17-18,31H,9-10,12H2,1H3. The molecule has 0 aliphatic carbocycles. The van der Waals surface area contributed by atoms with E-state index < -0.39 is 35.9 Å². The van der Waals surface area contributed by atoms with Crippen LogP contribution in [0.3, 0.4) is 0 Å². The maximum absolute atomic E-state index is 13.2. The van der Waals surface area contributed by atoms with E-state index in [4.69, 9.17) is 16.3 Å². The van der Waals surface area contributed by atoms with Crippen LogP contribution in [0.2, 0.25) is 5.02 Å². The van der Waals surface area contributed by atoms with Gasteiger partial charge in [0.15, 0.2) is 12.2 Å². The summed E-state index contributed by atoms with van der Waals surface area (Å²) in [6.07, 6.45) is -5.59. The molecule has 2 aliphatic heterocycles. The molecule has 1 saturated heterocycles. The van der Waals surface area contributed by atoms with E-state index in [-0.39, 0.29) is 31.5 Å². The average Bonchev–Trinajstić information content (AvgIpc) is 3.14. The van der Waals surface area contributed by atoms with E-state index in [0.29, 0.717) is 5.02 Å². The predicted molar refractivity (Wildman–Crippen MR) is 116 cm³/mol. The van der Waals surface area contributed by atoms with Gasteiger partial charge in [0.05, 0.1) is 12.2 Å². The van der Waals surface area contributed by atoms with Crippen molar-refractivity contribution in [2.75, 3.05) is 20.2 Å². The Labute approximate surface area is 197 Å². The lowest BCUT2D eigenvalue weighted by molar-refractivity contribution is -0.138. The number of amidine groups is 1. The Morgan fingerprint density at radius 3 is 2.47 bits per heavy atom. The SMILES string of the molecule is CN1C(=O)C2C(N=C(Oc3cccc(C(F)(F)F)c3)N2Cc2ccc(Cl)cc2)N(CCO)C1=O. The summed E-state index contributed by atoms with van der Waals surface area (Å²) >= 11 is 5.96. The topological polar surface area (TPSA) is 85.7 Å². The first-order chi connectivity index (χ1) is 16.1. The number of urea groups is 1. The summed E-state index contributed by atoms with van der Waals surface area (Å²) in [6, 6.07) is 9.29. The lowest BCUT2D eigenvalue weighted by Gasteiger charge is -2.41. The minimum Gasteiger partial charge on any atom is -0.426 e. The molecular weight excluding hydrogens is 477 g/mol. The van der Waals surface area contributed by atoms with E-state index in [1.807, 2.05) is 0 Å². The van der Waals surface area contributed by atoms with Crippen LogP contribution in [0.1, 0.15) is 11.1 Å². The number of rotatable bonds is 5. The Bertz CT molecular complexity index is 1130. The molecule has 2 aliphatic rings. The highest BCUT2D eigenvalue weighted by Gasteiger charge is 2.53. The molecule has 0 radical (unpaired) electrons. The monoisotopic (exact) mass is 496 g/mol. The maximum Gasteiger partial charge on any atom is 0.416 e. The van der Waals surface area contributed by atoms with Crippen molar-refractivity contribution in [2.45, 2.75) is 24.9 Å². The number of carbonyl (C=O) groups is 2. The Balaban J connectivity index is 1.72. The molecule has 12 heteroatoms. The Kier molecular flexibility index (Phi) is 6.41. The quantitative estimate of drug-likeness (QED) is 0.687. The number of benzene rings is 2. The number of aliphatic hydroxyl groups is 1. The normalized spacial score (nSPS) is 20.5. The highest BCUT2D eigenvalue weighted by atomic mass is 35.5. The fourth-order valence-electron chi connectivity index (χ4n) is 3.85. The number of hydrogen-bond acceptors (Lipinski definition) is 6. The summed E-state index contributed by atoms with van der Waals surface area (Å²) < 4.78 is 45.2. The molecule has 2 atom stereocenters. The van der Waals surface area contributed by atoms with Crippen LogP contribution in [0.25, 0.3) is 0 Å². The lowest BCUT2D eigenvalue weighted by Crippen LogP contribution is -2.65. The molecule has 2 heterocycles. The minimum absolute atomic E-state index is 0.0905. The predicted octanol–water partition coefficient (Wildman–Crippen LogP) is 3.19. The van der Waals surface area contributed by atoms with Gasteiger partial charge < -0.3 is 14.7 Å². The number of carbonyl (C=O) groups excluding carboxylic acids is 2. The van der Waals surface area contributed by atoms with Crippen molar-refractivity contribution in [2.24, 2.45) is 4.99 Å². The lowest BCUT2D eigenvalue weighted by atomic mass is 10.1. The van der Waals surface area contributed by atoms with E-state index in [1.54, 1.807) is 24.3 Å². The molecule has 8 nitrogen and oxygen atoms in total. The fourth-order valence-corrected chi connectivity index (χ4v) is 3.98. The van der Waals surface area contributed by atoms with Crippen molar-refractivity contribution in [1.82, 2.24) is 14.7 Å². The number of nitrogens with zero attached hydrogens (tertiary/aromatic N) is 4. The molecule has 0 saturated carbocycles. The minimum atomic E-state index is -4.57. The zero-order chi connectivity index (χ0) is 24.6. The second-order valence-corrected chi connectivity index (χ2v) is 8.19. The molecule has 2 aromatic carbocycles. The molecule has 2 aromatic rings. The van der Waals surface area contributed by atoms with Gasteiger partial charge in [-0.2, -0.15) is 13.2 Å². The van der Waals surface area contributed by atoms with Crippen LogP contribution in [0.5, 0.6) is 5.75 Å². The van der Waals surface area contributed by atoms with Gasteiger partial charge in [0.25, 0.3) is 11.9 Å². The molecule has 1 fully saturated rings. The van der Waals surface area contributed by atoms with E-state index in [2.05, 4.69) is 4.99 Å². The molecular formula is C22H20ClF3N4O4. The van der Waals surface area contributed by atoms with Crippen LogP contribution in [0.15, 0.2) is 53.5 Å². The first-order valence-electron chi connectivity index (χ1n) is 10.2. The van der Waals surface area contributed by atoms with Crippen LogP contribution >= 0.6 is 11.6 Å². The second-order valence-electron chi connectivity index (χ2n) is 7.75. The van der Waals surface area contributed by atoms with Crippen LogP contribution in [0, 0.1) is 0 Å². The van der Waals surface area contributed by atoms with Crippen LogP contribution in [-0.2, 0) is 17.5 Å². The summed E-state index contributed by atoms with van der Waals surface area (Å²) in [4.78, 5) is 33.8. The molecule has 1 N–H and O–H groups in total. The first-order valence-corrected chi connectivity index (χ1v) is 10.6. The van der Waals surface area contributed by atoms with Crippen molar-refractivity contribution in [3.8, 4) is 5.75 Å². The van der Waals surface area contributed by atoms with E-state index >= 15 is 0 Å². The first kappa shape index (κ1) is 23.8. The van der Waals surface area contributed by atoms with Crippen LogP contribution in [-0.4, -0.2) is 70.2 Å². The summed E-state index contributed by atoms with van der Waals surface area (Å²) in [7, 11) is 1.32. The zero-order valence-electron chi connectivity index (χ0n) is 17.9. The smallest absolute Gasteiger partial charge is 0.416 e. The average molecular weight is 497 g/mol. The van der Waals surface area contributed by atoms with Gasteiger partial charge in [0, 0.05) is 25.2 Å². The summed E-state index contributed by atoms with van der Waals surface area (Å²) in [5.74, 6) is -0.682. The maximum atomic E-state index is 13.2. The largest absolute Gasteiger partial charge is 0.426 e. The number of ether oxygens (including phenoxy) is 1. The number of hydrogen-bond donors (Lipinski definition) is 1. The number of aliphatic imine (C=N–C) groups is 1. The molecule has 3 amide bonds. The van der Waals surface area contributed by atoms with Crippen LogP contribution < -0.4 is 4.74 Å². The van der Waals surface area contributed by atoms with E-state index in [1.165, 1.54) is 29.0 Å². The number of fused-ring (bicyclic) bond motifs is 1. The van der Waals surface area contributed by atoms with Crippen molar-refractivity contribution in [3.63, 3.8) is 0 Å². The van der Waals surface area contributed by atoms with Gasteiger partial charge in [-0.15, -0.1) is 0 Å². The van der Waals surface area contributed by atoms with Gasteiger partial charge in [0.1, 0.15) is 5.75 Å². The third-order valence-electron chi connectivity index (χ3n) is 5.52. The number of halogens is 4. The van der Waals surface area contributed by atoms with E-state index in [9.17, 15) is 27.9 Å². The molecule has 0 aromatic heterocycles. The van der Waals surface area contributed by atoms with Gasteiger partial charge in [-0.05, 0) is 35.9 Å². The van der Waals surface area contributed by atoms with Gasteiger partial charge >= 0.3 is 12.2 Å². The number of imide groups is 1. The Morgan fingerprint density at radius 1 is 1.12 bits per heavy atom. The number of likely N-dealkylation sites (N-methyl/N-ethyl adjacent to an activating group) is 1. The third-order valence-corrected chi connectivity index (χ3v) is 5.77. The molecule has 2 unspecified atom stereocenters. The third kappa shape index (κ3) is 4.53. The highest BCUT2D eigenvalue weighted by molar-refractivity contribution is 6.30. The van der Waals surface area contributed by atoms with Crippen molar-refractivity contribution in [3.05, 3.63) is 64.7 Å². The summed E-state index contributed by atoms with van der Waals surface area (Å²) in [5.41, 5.74) is -0.176. The second kappa shape index (κ2) is 9.15. The van der Waals surface area contributed by atoms with Crippen molar-refractivity contribution in [1.29, 1.82) is 0 Å². The Morgan fingerprint density at radius 2 is 1.82 bits per heavy atom. The highest BCUT2D eigenvalue weighted by Crippen LogP contribution is 2.33. The molecule has 34 heavy (non-hydrogen) atoms. The summed E-state index contributed by atoms with van der Waals surface area (Å²) in [6.45, 7) is -0.350. The number of aliphatic hydroxyl groups excluding tert-OH is 1. The van der Waals surface area contributed by atoms with Gasteiger partial charge in [-0.1, -0.05) is 29.8 Å². The molecule has 0 bridgehead atoms. The molecule has 180 valence electrons. The molecule has 0 spiro atoms. The van der Waals surface area contributed by atoms with Crippen molar-refractivity contribution < 1.29 is 32.6 Å². The van der Waals surface area contributed by atoms with Gasteiger partial charge in [-0.25, -0.2) is 9.79 Å². The number of amides is 3. The fraction of sp³-hybridized carbons (Fsp3) is 0.318. The number of β-amino-alcohol motifs (C(OH)–C–C–N with tert-alkyl or cyclic N) is 1. The Hall–Kier alpha value is -3.31. The number of alkyl halides is 3. The van der Waals surface area contributed by atoms with E-state index in [0.717, 1.165) is 22.6 Å². The van der Waals surface area contributed by atoms with Gasteiger partial charge in [-0.3, -0.25) is 14.6 Å². The zero-order valence-corrected chi connectivity index (χ0v) is 18.6.